The van der Waals surface area contributed by atoms with Crippen LogP contribution in [-0.4, -0.2) is 31.7 Å². The lowest BCUT2D eigenvalue weighted by Gasteiger charge is -2.13. The number of imidazole rings is 1. The molecule has 2 aliphatic rings. The largest absolute Gasteiger partial charge is 0.296 e. The summed E-state index contributed by atoms with van der Waals surface area (Å²) in [5.41, 5.74) is -0.308. The number of nitrogens with one attached hydrogen (secondary N) is 3. The van der Waals surface area contributed by atoms with Crippen LogP contribution in [0.2, 0.25) is 0 Å². The summed E-state index contributed by atoms with van der Waals surface area (Å²) in [6.07, 6.45) is 6.55. The van der Waals surface area contributed by atoms with Gasteiger partial charge in [-0.25, -0.2) is 9.37 Å². The molecule has 0 aromatic carbocycles. The van der Waals surface area contributed by atoms with Gasteiger partial charge in [0.05, 0.1) is 28.4 Å². The van der Waals surface area contributed by atoms with E-state index in [-0.39, 0.29) is 16.8 Å². The number of pyridine rings is 1. The monoisotopic (exact) mass is 466 g/mol. The van der Waals surface area contributed by atoms with E-state index in [0.717, 1.165) is 39.5 Å². The predicted molar refractivity (Wildman–Crippen MR) is 109 cm³/mol. The molecule has 6 nitrogen and oxygen atoms in total. The molecular formula is C17H16BrFN6S2. The topological polar surface area (TPSA) is 101 Å². The standard InChI is InChI=1S/C17H16BrFN6S2/c18-11-5-10(27-24-17(8-19)3-4-17)7-25-12(11)6-23-14(25)13(21)26-15(22)16(9-20)1-2-16/h5-7,21-22,24H,1-4,8H2. The summed E-state index contributed by atoms with van der Waals surface area (Å²) < 4.78 is 18.9. The van der Waals surface area contributed by atoms with Crippen molar-refractivity contribution < 1.29 is 4.39 Å². The lowest BCUT2D eigenvalue weighted by Crippen LogP contribution is -2.27. The maximum Gasteiger partial charge on any atom is 0.169 e. The Morgan fingerprint density at radius 3 is 2.74 bits per heavy atom. The van der Waals surface area contributed by atoms with E-state index in [9.17, 15) is 9.65 Å². The molecule has 2 aromatic rings. The third kappa shape index (κ3) is 3.53. The molecule has 0 atom stereocenters. The number of nitrogens with zero attached hydrogens (tertiary/aromatic N) is 3. The average Bonchev–Trinajstić information content (AvgIpc) is 3.57. The van der Waals surface area contributed by atoms with E-state index < -0.39 is 11.0 Å². The van der Waals surface area contributed by atoms with Crippen molar-refractivity contribution in [1.82, 2.24) is 14.1 Å². The first-order valence-corrected chi connectivity index (χ1v) is 10.8. The van der Waals surface area contributed by atoms with E-state index in [1.54, 1.807) is 10.6 Å². The molecule has 2 aromatic heterocycles. The van der Waals surface area contributed by atoms with Crippen molar-refractivity contribution in [1.29, 1.82) is 16.1 Å². The van der Waals surface area contributed by atoms with Crippen molar-refractivity contribution >= 4 is 55.2 Å². The number of aromatic nitrogens is 2. The van der Waals surface area contributed by atoms with E-state index >= 15 is 0 Å². The van der Waals surface area contributed by atoms with Crippen LogP contribution in [0, 0.1) is 27.6 Å². The number of halogens is 2. The van der Waals surface area contributed by atoms with Crippen molar-refractivity contribution in [3.63, 3.8) is 0 Å². The highest BCUT2D eigenvalue weighted by Crippen LogP contribution is 2.49. The molecule has 0 amide bonds. The van der Waals surface area contributed by atoms with Crippen LogP contribution in [0.5, 0.6) is 0 Å². The van der Waals surface area contributed by atoms with Crippen LogP contribution >= 0.6 is 39.6 Å². The normalized spacial score (nSPS) is 18.9. The predicted octanol–water partition coefficient (Wildman–Crippen LogP) is 4.54. The fraction of sp³-hybridized carbons (Fsp3) is 0.412. The molecule has 10 heteroatoms. The van der Waals surface area contributed by atoms with Crippen LogP contribution in [0.4, 0.5) is 4.39 Å². The lowest BCUT2D eigenvalue weighted by atomic mass is 10.2. The Balaban J connectivity index is 1.57. The second-order valence-electron chi connectivity index (χ2n) is 6.93. The molecule has 2 heterocycles. The SMILES string of the molecule is N#CC1(C(=N)SC(=N)c2ncc3c(Br)cc(SNC4(CF)CC4)cn23)CC1. The smallest absolute Gasteiger partial charge is 0.169 e. The quantitative estimate of drug-likeness (QED) is 0.329. The minimum absolute atomic E-state index is 0.131. The second-order valence-corrected chi connectivity index (χ2v) is 9.69. The highest BCUT2D eigenvalue weighted by Gasteiger charge is 2.48. The maximum absolute atomic E-state index is 13.1. The van der Waals surface area contributed by atoms with Gasteiger partial charge in [0.2, 0.25) is 0 Å². The van der Waals surface area contributed by atoms with Gasteiger partial charge in [0.25, 0.3) is 0 Å². The first-order chi connectivity index (χ1) is 12.9. The van der Waals surface area contributed by atoms with Gasteiger partial charge in [0.1, 0.15) is 17.1 Å². The first-order valence-electron chi connectivity index (χ1n) is 8.36. The molecular weight excluding hydrogens is 451 g/mol. The Morgan fingerprint density at radius 1 is 1.41 bits per heavy atom. The number of hydrogen-bond donors (Lipinski definition) is 3. The van der Waals surface area contributed by atoms with Gasteiger partial charge >= 0.3 is 0 Å². The number of hydrogen-bond acceptors (Lipinski definition) is 7. The zero-order valence-corrected chi connectivity index (χ0v) is 17.4. The molecule has 2 fully saturated rings. The molecule has 2 aliphatic carbocycles. The lowest BCUT2D eigenvalue weighted by molar-refractivity contribution is 0.402. The highest BCUT2D eigenvalue weighted by atomic mass is 79.9. The van der Waals surface area contributed by atoms with Crippen molar-refractivity contribution in [2.24, 2.45) is 5.41 Å². The summed E-state index contributed by atoms with van der Waals surface area (Å²) in [6.45, 7) is -0.385. The van der Waals surface area contributed by atoms with Crippen LogP contribution in [0.1, 0.15) is 31.5 Å². The molecule has 0 saturated heterocycles. The fourth-order valence-corrected chi connectivity index (χ4v) is 5.11. The summed E-state index contributed by atoms with van der Waals surface area (Å²) in [7, 11) is 0. The van der Waals surface area contributed by atoms with Crippen molar-refractivity contribution in [3.05, 3.63) is 28.8 Å². The third-order valence-corrected chi connectivity index (χ3v) is 7.48. The second kappa shape index (κ2) is 6.88. The van der Waals surface area contributed by atoms with Gasteiger partial charge in [0.15, 0.2) is 5.82 Å². The van der Waals surface area contributed by atoms with E-state index in [1.807, 2.05) is 12.3 Å². The zero-order valence-electron chi connectivity index (χ0n) is 14.2. The summed E-state index contributed by atoms with van der Waals surface area (Å²) >= 11 is 5.88. The number of nitriles is 1. The van der Waals surface area contributed by atoms with Crippen molar-refractivity contribution in [3.8, 4) is 6.07 Å². The Hall–Kier alpha value is -1.41. The van der Waals surface area contributed by atoms with Gasteiger partial charge in [-0.1, -0.05) is 11.8 Å². The molecule has 4 rings (SSSR count). The molecule has 0 radical (unpaired) electrons. The summed E-state index contributed by atoms with van der Waals surface area (Å²) in [6, 6.07) is 4.11. The molecule has 27 heavy (non-hydrogen) atoms. The Kier molecular flexibility index (Phi) is 4.83. The van der Waals surface area contributed by atoms with E-state index in [4.69, 9.17) is 10.8 Å². The number of alkyl halides is 1. The number of rotatable bonds is 6. The number of fused-ring (bicyclic) bond motifs is 1. The minimum atomic E-state index is -0.708. The third-order valence-electron chi connectivity index (χ3n) is 4.87. The van der Waals surface area contributed by atoms with E-state index in [0.29, 0.717) is 18.7 Å². The molecule has 0 spiro atoms. The maximum atomic E-state index is 13.1. The first kappa shape index (κ1) is 18.9. The van der Waals surface area contributed by atoms with Crippen LogP contribution in [0.15, 0.2) is 27.8 Å². The summed E-state index contributed by atoms with van der Waals surface area (Å²) in [5, 5.41) is 26.1. The van der Waals surface area contributed by atoms with Crippen LogP contribution in [0.3, 0.4) is 0 Å². The molecule has 0 unspecified atom stereocenters. The van der Waals surface area contributed by atoms with Crippen LogP contribution in [-0.2, 0) is 0 Å². The van der Waals surface area contributed by atoms with Gasteiger partial charge in [-0.3, -0.25) is 19.9 Å². The minimum Gasteiger partial charge on any atom is -0.296 e. The molecule has 3 N–H and O–H groups in total. The Labute approximate surface area is 172 Å². The van der Waals surface area contributed by atoms with Gasteiger partial charge in [-0.05, 0) is 59.6 Å². The van der Waals surface area contributed by atoms with E-state index in [1.165, 1.54) is 11.9 Å². The molecule has 0 aliphatic heterocycles. The molecule has 140 valence electrons. The van der Waals surface area contributed by atoms with Crippen LogP contribution in [0.25, 0.3) is 5.52 Å². The summed E-state index contributed by atoms with van der Waals surface area (Å²) in [5.74, 6) is 0.420. The average molecular weight is 467 g/mol. The molecule has 0 bridgehead atoms. The summed E-state index contributed by atoms with van der Waals surface area (Å²) in [4.78, 5) is 5.21. The Morgan fingerprint density at radius 2 is 2.15 bits per heavy atom. The van der Waals surface area contributed by atoms with Gasteiger partial charge in [-0.2, -0.15) is 5.26 Å². The van der Waals surface area contributed by atoms with Crippen molar-refractivity contribution in [2.45, 2.75) is 36.1 Å². The fourth-order valence-electron chi connectivity index (χ4n) is 2.60. The van der Waals surface area contributed by atoms with Gasteiger partial charge < -0.3 is 0 Å². The van der Waals surface area contributed by atoms with Crippen LogP contribution < -0.4 is 4.72 Å². The molecule has 2 saturated carbocycles. The highest BCUT2D eigenvalue weighted by molar-refractivity contribution is 9.10. The van der Waals surface area contributed by atoms with Gasteiger partial charge in [0, 0.05) is 15.6 Å². The van der Waals surface area contributed by atoms with Gasteiger partial charge in [-0.15, -0.1) is 0 Å². The number of thioether (sulfide) groups is 1. The zero-order chi connectivity index (χ0) is 19.2. The van der Waals surface area contributed by atoms with Crippen molar-refractivity contribution in [2.75, 3.05) is 6.67 Å². The van der Waals surface area contributed by atoms with E-state index in [2.05, 4.69) is 31.7 Å². The Bertz CT molecular complexity index is 989.